The van der Waals surface area contributed by atoms with Crippen molar-refractivity contribution >= 4 is 45.8 Å². The van der Waals surface area contributed by atoms with Crippen LogP contribution >= 0.6 is 34.9 Å². The standard InChI is InChI=1S/C9H8ClNS2/c10-5-6-12-9-7-3-1-2-4-8(7)11-13-9/h1-4H,5-6H2. The van der Waals surface area contributed by atoms with Crippen molar-refractivity contribution in [3.05, 3.63) is 24.3 Å². The van der Waals surface area contributed by atoms with Gasteiger partial charge in [-0.15, -0.1) is 23.4 Å². The zero-order valence-electron chi connectivity index (χ0n) is 6.87. The van der Waals surface area contributed by atoms with Crippen LogP contribution in [-0.2, 0) is 0 Å². The summed E-state index contributed by atoms with van der Waals surface area (Å²) in [6.45, 7) is 0. The highest BCUT2D eigenvalue weighted by molar-refractivity contribution is 8.01. The first kappa shape index (κ1) is 9.31. The van der Waals surface area contributed by atoms with Crippen LogP contribution in [0.4, 0.5) is 0 Å². The number of nitrogens with zero attached hydrogens (tertiary/aromatic N) is 1. The van der Waals surface area contributed by atoms with Gasteiger partial charge in [0.25, 0.3) is 0 Å². The van der Waals surface area contributed by atoms with E-state index in [9.17, 15) is 0 Å². The molecule has 0 bridgehead atoms. The van der Waals surface area contributed by atoms with Crippen LogP contribution in [0.15, 0.2) is 28.5 Å². The van der Waals surface area contributed by atoms with E-state index in [1.807, 2.05) is 18.2 Å². The molecule has 0 amide bonds. The topological polar surface area (TPSA) is 12.9 Å². The second kappa shape index (κ2) is 4.31. The van der Waals surface area contributed by atoms with Gasteiger partial charge in [0.05, 0.1) is 9.73 Å². The van der Waals surface area contributed by atoms with E-state index >= 15 is 0 Å². The van der Waals surface area contributed by atoms with Gasteiger partial charge in [0, 0.05) is 17.0 Å². The van der Waals surface area contributed by atoms with Crippen LogP contribution in [-0.4, -0.2) is 16.0 Å². The molecule has 2 aromatic rings. The van der Waals surface area contributed by atoms with Gasteiger partial charge in [-0.3, -0.25) is 0 Å². The van der Waals surface area contributed by atoms with Crippen LogP contribution in [0.2, 0.25) is 0 Å². The molecule has 1 aromatic carbocycles. The summed E-state index contributed by atoms with van der Waals surface area (Å²) in [5, 5.41) is 1.25. The third-order valence-corrected chi connectivity index (χ3v) is 4.22. The Morgan fingerprint density at radius 1 is 1.38 bits per heavy atom. The molecule has 0 aliphatic rings. The Bertz CT molecular complexity index is 399. The molecule has 2 rings (SSSR count). The summed E-state index contributed by atoms with van der Waals surface area (Å²) >= 11 is 8.97. The molecule has 1 aromatic heterocycles. The molecule has 0 aliphatic heterocycles. The lowest BCUT2D eigenvalue weighted by atomic mass is 10.3. The van der Waals surface area contributed by atoms with Crippen LogP contribution < -0.4 is 0 Å². The Morgan fingerprint density at radius 2 is 2.23 bits per heavy atom. The number of halogens is 1. The van der Waals surface area contributed by atoms with E-state index in [2.05, 4.69) is 10.4 Å². The molecule has 0 unspecified atom stereocenters. The number of hydrogen-bond acceptors (Lipinski definition) is 3. The Balaban J connectivity index is 2.35. The maximum Gasteiger partial charge on any atom is 0.0885 e. The Hall–Kier alpha value is -0.250. The van der Waals surface area contributed by atoms with E-state index in [1.165, 1.54) is 9.60 Å². The van der Waals surface area contributed by atoms with Gasteiger partial charge in [-0.2, -0.15) is 4.37 Å². The average Bonchev–Trinajstić information content (AvgIpc) is 2.58. The second-order valence-corrected chi connectivity index (χ2v) is 5.04. The molecule has 0 radical (unpaired) electrons. The number of thioether (sulfide) groups is 1. The van der Waals surface area contributed by atoms with E-state index < -0.39 is 0 Å². The van der Waals surface area contributed by atoms with Crippen LogP contribution in [0, 0.1) is 0 Å². The van der Waals surface area contributed by atoms with Crippen molar-refractivity contribution < 1.29 is 0 Å². The Kier molecular flexibility index (Phi) is 3.09. The average molecular weight is 230 g/mol. The molecule has 0 saturated carbocycles. The largest absolute Gasteiger partial charge is 0.191 e. The van der Waals surface area contributed by atoms with Crippen LogP contribution in [0.3, 0.4) is 0 Å². The van der Waals surface area contributed by atoms with Gasteiger partial charge >= 0.3 is 0 Å². The van der Waals surface area contributed by atoms with E-state index in [-0.39, 0.29) is 0 Å². The summed E-state index contributed by atoms with van der Waals surface area (Å²) < 4.78 is 5.62. The van der Waals surface area contributed by atoms with Crippen LogP contribution in [0.5, 0.6) is 0 Å². The highest BCUT2D eigenvalue weighted by Crippen LogP contribution is 2.31. The minimum absolute atomic E-state index is 0.691. The molecule has 1 nitrogen and oxygen atoms in total. The number of aromatic nitrogens is 1. The number of rotatable bonds is 3. The fourth-order valence-corrected chi connectivity index (χ4v) is 3.11. The van der Waals surface area contributed by atoms with Gasteiger partial charge in [0.2, 0.25) is 0 Å². The predicted molar refractivity (Wildman–Crippen MR) is 61.1 cm³/mol. The molecule has 68 valence electrons. The first-order chi connectivity index (χ1) is 6.42. The number of alkyl halides is 1. The molecule has 0 N–H and O–H groups in total. The van der Waals surface area contributed by atoms with Crippen LogP contribution in [0.1, 0.15) is 0 Å². The first-order valence-corrected chi connectivity index (χ1v) is 6.24. The summed E-state index contributed by atoms with van der Waals surface area (Å²) in [5.41, 5.74) is 1.09. The molecule has 4 heteroatoms. The number of fused-ring (bicyclic) bond motifs is 1. The van der Waals surface area contributed by atoms with Crippen molar-refractivity contribution in [2.45, 2.75) is 4.21 Å². The quantitative estimate of drug-likeness (QED) is 0.589. The zero-order valence-corrected chi connectivity index (χ0v) is 9.25. The monoisotopic (exact) mass is 229 g/mol. The zero-order chi connectivity index (χ0) is 9.10. The lowest BCUT2D eigenvalue weighted by molar-refractivity contribution is 1.53. The SMILES string of the molecule is ClCCSc1snc2ccccc12. The normalized spacial score (nSPS) is 10.8. The fraction of sp³-hybridized carbons (Fsp3) is 0.222. The summed E-state index contributed by atoms with van der Waals surface area (Å²) in [6.07, 6.45) is 0. The maximum absolute atomic E-state index is 5.63. The molecular formula is C9H8ClNS2. The van der Waals surface area contributed by atoms with Gasteiger partial charge in [-0.25, -0.2) is 0 Å². The summed E-state index contributed by atoms with van der Waals surface area (Å²) in [5.74, 6) is 1.64. The van der Waals surface area contributed by atoms with Crippen molar-refractivity contribution in [2.24, 2.45) is 0 Å². The Labute approximate surface area is 90.3 Å². The third-order valence-electron chi connectivity index (χ3n) is 1.66. The van der Waals surface area contributed by atoms with Gasteiger partial charge in [-0.05, 0) is 17.6 Å². The first-order valence-electron chi connectivity index (χ1n) is 3.95. The van der Waals surface area contributed by atoms with Crippen molar-refractivity contribution in [3.63, 3.8) is 0 Å². The fourth-order valence-electron chi connectivity index (χ4n) is 1.10. The van der Waals surface area contributed by atoms with Crippen molar-refractivity contribution in [3.8, 4) is 0 Å². The molecule has 0 saturated heterocycles. The summed E-state index contributed by atoms with van der Waals surface area (Å²) in [4.78, 5) is 0. The lowest BCUT2D eigenvalue weighted by Gasteiger charge is -1.93. The predicted octanol–water partition coefficient (Wildman–Crippen LogP) is 3.63. The molecule has 1 heterocycles. The third kappa shape index (κ3) is 1.98. The number of hydrogen-bond donors (Lipinski definition) is 0. The van der Waals surface area contributed by atoms with Crippen molar-refractivity contribution in [2.75, 3.05) is 11.6 Å². The van der Waals surface area contributed by atoms with Gasteiger partial charge < -0.3 is 0 Å². The van der Waals surface area contributed by atoms with Gasteiger partial charge in [0.15, 0.2) is 0 Å². The highest BCUT2D eigenvalue weighted by atomic mass is 35.5. The highest BCUT2D eigenvalue weighted by Gasteiger charge is 2.04. The molecule has 0 aliphatic carbocycles. The Morgan fingerprint density at radius 3 is 3.08 bits per heavy atom. The smallest absolute Gasteiger partial charge is 0.0885 e. The molecule has 0 atom stereocenters. The number of benzene rings is 1. The van der Waals surface area contributed by atoms with E-state index in [4.69, 9.17) is 11.6 Å². The minimum atomic E-state index is 0.691. The van der Waals surface area contributed by atoms with Crippen molar-refractivity contribution in [1.82, 2.24) is 4.37 Å². The summed E-state index contributed by atoms with van der Waals surface area (Å²) in [7, 11) is 0. The van der Waals surface area contributed by atoms with Crippen molar-refractivity contribution in [1.29, 1.82) is 0 Å². The molecule has 0 spiro atoms. The second-order valence-electron chi connectivity index (χ2n) is 2.52. The van der Waals surface area contributed by atoms with E-state index in [0.717, 1.165) is 11.3 Å². The molecule has 13 heavy (non-hydrogen) atoms. The van der Waals surface area contributed by atoms with E-state index in [0.29, 0.717) is 5.88 Å². The molecule has 0 fully saturated rings. The minimum Gasteiger partial charge on any atom is -0.191 e. The van der Waals surface area contributed by atoms with Gasteiger partial charge in [0.1, 0.15) is 0 Å². The molecular weight excluding hydrogens is 222 g/mol. The van der Waals surface area contributed by atoms with Crippen LogP contribution in [0.25, 0.3) is 10.9 Å². The lowest BCUT2D eigenvalue weighted by Crippen LogP contribution is -1.76. The maximum atomic E-state index is 5.63. The van der Waals surface area contributed by atoms with E-state index in [1.54, 1.807) is 23.3 Å². The summed E-state index contributed by atoms with van der Waals surface area (Å²) in [6, 6.07) is 8.20. The van der Waals surface area contributed by atoms with Gasteiger partial charge in [-0.1, -0.05) is 18.2 Å².